The van der Waals surface area contributed by atoms with Crippen LogP contribution in [0.25, 0.3) is 0 Å². The second kappa shape index (κ2) is 7.61. The Morgan fingerprint density at radius 2 is 2.22 bits per heavy atom. The lowest BCUT2D eigenvalue weighted by atomic mass is 10.0. The number of rotatable bonds is 5. The van der Waals surface area contributed by atoms with Crippen molar-refractivity contribution in [3.8, 4) is 0 Å². The Morgan fingerprint density at radius 3 is 2.87 bits per heavy atom. The number of nitrogens with one attached hydrogen (secondary N) is 1. The molecular formula is C15H21ClN2O4S. The van der Waals surface area contributed by atoms with E-state index >= 15 is 0 Å². The van der Waals surface area contributed by atoms with Crippen molar-refractivity contribution in [3.63, 3.8) is 0 Å². The van der Waals surface area contributed by atoms with Gasteiger partial charge in [-0.1, -0.05) is 18.5 Å². The summed E-state index contributed by atoms with van der Waals surface area (Å²) in [6, 6.07) is 4.18. The Labute approximate surface area is 141 Å². The molecule has 128 valence electrons. The second-order valence-corrected chi connectivity index (χ2v) is 7.93. The van der Waals surface area contributed by atoms with Crippen LogP contribution >= 0.6 is 11.6 Å². The van der Waals surface area contributed by atoms with E-state index in [1.807, 2.05) is 6.92 Å². The summed E-state index contributed by atoms with van der Waals surface area (Å²) in [5, 5.41) is 0.108. The molecule has 23 heavy (non-hydrogen) atoms. The van der Waals surface area contributed by atoms with Crippen molar-refractivity contribution in [2.75, 3.05) is 19.7 Å². The lowest BCUT2D eigenvalue weighted by Gasteiger charge is -2.30. The third-order valence-electron chi connectivity index (χ3n) is 3.74. The number of piperidine rings is 1. The first kappa shape index (κ1) is 18.2. The number of benzene rings is 1. The number of nitrogens with zero attached hydrogens (tertiary/aromatic N) is 1. The maximum absolute atomic E-state index is 12.8. The SMILES string of the molecule is CCONC(=O)c1ccc(Cl)c(S(=O)(=O)N2CCCC(C)C2)c1. The van der Waals surface area contributed by atoms with E-state index < -0.39 is 15.9 Å². The average molecular weight is 361 g/mol. The molecule has 1 N–H and O–H groups in total. The predicted molar refractivity (Wildman–Crippen MR) is 87.7 cm³/mol. The summed E-state index contributed by atoms with van der Waals surface area (Å²) in [6.45, 7) is 5.01. The van der Waals surface area contributed by atoms with E-state index in [0.717, 1.165) is 12.8 Å². The van der Waals surface area contributed by atoms with E-state index in [-0.39, 0.29) is 15.5 Å². The molecule has 1 aliphatic heterocycles. The van der Waals surface area contributed by atoms with Crippen molar-refractivity contribution >= 4 is 27.5 Å². The molecule has 1 aromatic carbocycles. The first-order valence-corrected chi connectivity index (χ1v) is 9.40. The van der Waals surface area contributed by atoms with Crippen LogP contribution < -0.4 is 5.48 Å². The Morgan fingerprint density at radius 1 is 1.48 bits per heavy atom. The molecule has 6 nitrogen and oxygen atoms in total. The third kappa shape index (κ3) is 4.23. The Balaban J connectivity index is 2.32. The first-order valence-electron chi connectivity index (χ1n) is 7.58. The van der Waals surface area contributed by atoms with Gasteiger partial charge in [-0.25, -0.2) is 13.9 Å². The topological polar surface area (TPSA) is 75.7 Å². The number of sulfonamides is 1. The minimum absolute atomic E-state index is 0.0441. The van der Waals surface area contributed by atoms with Crippen LogP contribution in [-0.4, -0.2) is 38.3 Å². The fourth-order valence-electron chi connectivity index (χ4n) is 2.54. The average Bonchev–Trinajstić information content (AvgIpc) is 2.52. The number of hydroxylamine groups is 1. The molecule has 1 atom stereocenters. The normalized spacial score (nSPS) is 19.5. The highest BCUT2D eigenvalue weighted by molar-refractivity contribution is 7.89. The zero-order valence-corrected chi connectivity index (χ0v) is 14.8. The van der Waals surface area contributed by atoms with Gasteiger partial charge in [-0.05, 0) is 43.9 Å². The Hall–Kier alpha value is -1.15. The minimum Gasteiger partial charge on any atom is -0.274 e. The monoisotopic (exact) mass is 360 g/mol. The smallest absolute Gasteiger partial charge is 0.274 e. The second-order valence-electron chi connectivity index (χ2n) is 5.62. The van der Waals surface area contributed by atoms with Gasteiger partial charge in [0.15, 0.2) is 0 Å². The van der Waals surface area contributed by atoms with Crippen LogP contribution in [0.4, 0.5) is 0 Å². The van der Waals surface area contributed by atoms with Crippen LogP contribution in [-0.2, 0) is 14.9 Å². The van der Waals surface area contributed by atoms with E-state index in [4.69, 9.17) is 16.4 Å². The van der Waals surface area contributed by atoms with Gasteiger partial charge >= 0.3 is 0 Å². The van der Waals surface area contributed by atoms with E-state index in [2.05, 4.69) is 5.48 Å². The fourth-order valence-corrected chi connectivity index (χ4v) is 4.64. The van der Waals surface area contributed by atoms with Gasteiger partial charge in [-0.3, -0.25) is 9.63 Å². The van der Waals surface area contributed by atoms with Crippen molar-refractivity contribution < 1.29 is 18.0 Å². The highest BCUT2D eigenvalue weighted by Crippen LogP contribution is 2.29. The summed E-state index contributed by atoms with van der Waals surface area (Å²) >= 11 is 6.08. The van der Waals surface area contributed by atoms with Gasteiger partial charge in [-0.2, -0.15) is 4.31 Å². The van der Waals surface area contributed by atoms with Gasteiger partial charge < -0.3 is 0 Å². The molecule has 1 amide bonds. The summed E-state index contributed by atoms with van der Waals surface area (Å²) in [4.78, 5) is 16.7. The molecule has 0 saturated carbocycles. The zero-order chi connectivity index (χ0) is 17.0. The largest absolute Gasteiger partial charge is 0.274 e. The molecule has 0 bridgehead atoms. The number of carbonyl (C=O) groups is 1. The molecular weight excluding hydrogens is 340 g/mol. The lowest BCUT2D eigenvalue weighted by molar-refractivity contribution is 0.0364. The van der Waals surface area contributed by atoms with E-state index in [1.54, 1.807) is 6.92 Å². The summed E-state index contributed by atoms with van der Waals surface area (Å²) in [5.41, 5.74) is 2.43. The summed E-state index contributed by atoms with van der Waals surface area (Å²) in [5.74, 6) is -0.200. The standard InChI is InChI=1S/C15H21ClN2O4S/c1-3-22-17-15(19)12-6-7-13(16)14(9-12)23(20,21)18-8-4-5-11(2)10-18/h6-7,9,11H,3-5,8,10H2,1-2H3,(H,17,19). The van der Waals surface area contributed by atoms with E-state index in [0.29, 0.717) is 25.6 Å². The van der Waals surface area contributed by atoms with Crippen LogP contribution in [0.5, 0.6) is 0 Å². The molecule has 0 aromatic heterocycles. The van der Waals surface area contributed by atoms with Crippen LogP contribution in [0.15, 0.2) is 23.1 Å². The van der Waals surface area contributed by atoms with Crippen LogP contribution in [0.1, 0.15) is 37.0 Å². The molecule has 1 unspecified atom stereocenters. The molecule has 1 aromatic rings. The predicted octanol–water partition coefficient (Wildman–Crippen LogP) is 2.44. The molecule has 1 aliphatic rings. The summed E-state index contributed by atoms with van der Waals surface area (Å²) < 4.78 is 27.1. The number of amides is 1. The van der Waals surface area contributed by atoms with Gasteiger partial charge in [0.05, 0.1) is 11.6 Å². The van der Waals surface area contributed by atoms with Crippen molar-refractivity contribution in [2.45, 2.75) is 31.6 Å². The van der Waals surface area contributed by atoms with Gasteiger partial charge in [-0.15, -0.1) is 0 Å². The number of carbonyl (C=O) groups excluding carboxylic acids is 1. The van der Waals surface area contributed by atoms with Gasteiger partial charge in [0.25, 0.3) is 5.91 Å². The number of hydrogen-bond acceptors (Lipinski definition) is 4. The highest BCUT2D eigenvalue weighted by atomic mass is 35.5. The van der Waals surface area contributed by atoms with Crippen LogP contribution in [0.2, 0.25) is 5.02 Å². The van der Waals surface area contributed by atoms with Crippen molar-refractivity contribution in [1.29, 1.82) is 0 Å². The van der Waals surface area contributed by atoms with Gasteiger partial charge in [0, 0.05) is 18.7 Å². The van der Waals surface area contributed by atoms with E-state index in [1.165, 1.54) is 22.5 Å². The fraction of sp³-hybridized carbons (Fsp3) is 0.533. The third-order valence-corrected chi connectivity index (χ3v) is 6.09. The zero-order valence-electron chi connectivity index (χ0n) is 13.2. The van der Waals surface area contributed by atoms with Gasteiger partial charge in [0.1, 0.15) is 4.90 Å². The minimum atomic E-state index is -3.72. The molecule has 2 rings (SSSR count). The van der Waals surface area contributed by atoms with Gasteiger partial charge in [0.2, 0.25) is 10.0 Å². The number of hydrogen-bond donors (Lipinski definition) is 1. The lowest BCUT2D eigenvalue weighted by Crippen LogP contribution is -2.39. The molecule has 0 aliphatic carbocycles. The summed E-state index contributed by atoms with van der Waals surface area (Å²) in [6.07, 6.45) is 1.83. The quantitative estimate of drug-likeness (QED) is 0.818. The summed E-state index contributed by atoms with van der Waals surface area (Å²) in [7, 11) is -3.72. The molecule has 0 spiro atoms. The highest BCUT2D eigenvalue weighted by Gasteiger charge is 2.30. The van der Waals surface area contributed by atoms with Crippen molar-refractivity contribution in [1.82, 2.24) is 9.79 Å². The van der Waals surface area contributed by atoms with Crippen LogP contribution in [0, 0.1) is 5.92 Å². The maximum Gasteiger partial charge on any atom is 0.274 e. The molecule has 8 heteroatoms. The first-order chi connectivity index (χ1) is 10.9. The number of halogens is 1. The molecule has 1 saturated heterocycles. The van der Waals surface area contributed by atoms with Crippen molar-refractivity contribution in [3.05, 3.63) is 28.8 Å². The van der Waals surface area contributed by atoms with Crippen molar-refractivity contribution in [2.24, 2.45) is 5.92 Å². The van der Waals surface area contributed by atoms with Crippen LogP contribution in [0.3, 0.4) is 0 Å². The Kier molecular flexibility index (Phi) is 6.02. The maximum atomic E-state index is 12.8. The molecule has 1 fully saturated rings. The molecule has 1 heterocycles. The van der Waals surface area contributed by atoms with E-state index in [9.17, 15) is 13.2 Å². The Bertz CT molecular complexity index is 678. The molecule has 0 radical (unpaired) electrons.